The lowest BCUT2D eigenvalue weighted by Gasteiger charge is -2.28. The van der Waals surface area contributed by atoms with Gasteiger partial charge in [-0.2, -0.15) is 0 Å². The summed E-state index contributed by atoms with van der Waals surface area (Å²) in [6.45, 7) is 2.43. The van der Waals surface area contributed by atoms with Gasteiger partial charge in [0.25, 0.3) is 0 Å². The highest BCUT2D eigenvalue weighted by atomic mass is 14.9. The Morgan fingerprint density at radius 2 is 1.23 bits per heavy atom. The van der Waals surface area contributed by atoms with Crippen LogP contribution in [0, 0.1) is 0 Å². The molecule has 2 aliphatic rings. The van der Waals surface area contributed by atoms with Crippen LogP contribution in [0.25, 0.3) is 0 Å². The van der Waals surface area contributed by atoms with Gasteiger partial charge in [0.05, 0.1) is 0 Å². The van der Waals surface area contributed by atoms with E-state index < -0.39 is 0 Å². The zero-order chi connectivity index (χ0) is 8.93. The molecular weight excluding hydrogens is 160 g/mol. The summed E-state index contributed by atoms with van der Waals surface area (Å²) in [5.41, 5.74) is 0. The molecule has 0 radical (unpaired) electrons. The van der Waals surface area contributed by atoms with Gasteiger partial charge >= 0.3 is 0 Å². The smallest absolute Gasteiger partial charge is 0.00670 e. The molecule has 0 aromatic rings. The zero-order valence-electron chi connectivity index (χ0n) is 8.52. The second-order valence-corrected chi connectivity index (χ2v) is 4.52. The Kier molecular flexibility index (Phi) is 3.62. The van der Waals surface area contributed by atoms with Crippen molar-refractivity contribution in [3.8, 4) is 0 Å². The number of nitrogens with one attached hydrogen (secondary N) is 2. The minimum atomic E-state index is 0.865. The van der Waals surface area contributed by atoms with Crippen LogP contribution in [0.2, 0.25) is 0 Å². The first-order chi connectivity index (χ1) is 6.45. The van der Waals surface area contributed by atoms with Gasteiger partial charge in [-0.1, -0.05) is 12.8 Å². The molecule has 2 heteroatoms. The maximum absolute atomic E-state index is 3.59. The molecule has 0 aromatic carbocycles. The van der Waals surface area contributed by atoms with Crippen molar-refractivity contribution in [2.75, 3.05) is 13.1 Å². The molecule has 0 amide bonds. The SMILES string of the molecule is C(CNC1CCC1)CNC1CCC1. The van der Waals surface area contributed by atoms with E-state index in [9.17, 15) is 0 Å². The van der Waals surface area contributed by atoms with Crippen molar-refractivity contribution in [3.05, 3.63) is 0 Å². The molecule has 0 aromatic heterocycles. The molecule has 0 saturated heterocycles. The Hall–Kier alpha value is -0.0800. The molecule has 0 aliphatic heterocycles. The van der Waals surface area contributed by atoms with Crippen LogP contribution in [0.4, 0.5) is 0 Å². The molecular formula is C11H22N2. The van der Waals surface area contributed by atoms with Gasteiger partial charge in [0, 0.05) is 12.1 Å². The standard InChI is InChI=1S/C11H22N2/c1-4-10(5-1)12-8-3-9-13-11-6-2-7-11/h10-13H,1-9H2. The normalized spacial score (nSPS) is 24.0. The van der Waals surface area contributed by atoms with Gasteiger partial charge in [-0.15, -0.1) is 0 Å². The Morgan fingerprint density at radius 1 is 0.769 bits per heavy atom. The summed E-state index contributed by atoms with van der Waals surface area (Å²) in [4.78, 5) is 0. The van der Waals surface area contributed by atoms with E-state index in [1.165, 1.54) is 58.0 Å². The van der Waals surface area contributed by atoms with Crippen LogP contribution in [-0.2, 0) is 0 Å². The number of rotatable bonds is 6. The lowest BCUT2D eigenvalue weighted by molar-refractivity contribution is 0.320. The van der Waals surface area contributed by atoms with E-state index in [1.54, 1.807) is 0 Å². The van der Waals surface area contributed by atoms with E-state index in [2.05, 4.69) is 10.6 Å². The van der Waals surface area contributed by atoms with E-state index in [1.807, 2.05) is 0 Å². The highest BCUT2D eigenvalue weighted by molar-refractivity contribution is 4.78. The molecule has 2 rings (SSSR count). The van der Waals surface area contributed by atoms with Crippen molar-refractivity contribution in [2.24, 2.45) is 0 Å². The molecule has 2 fully saturated rings. The van der Waals surface area contributed by atoms with Crippen LogP contribution in [0.15, 0.2) is 0 Å². The molecule has 0 atom stereocenters. The maximum atomic E-state index is 3.59. The first-order valence-corrected chi connectivity index (χ1v) is 5.92. The van der Waals surface area contributed by atoms with Crippen molar-refractivity contribution in [1.29, 1.82) is 0 Å². The molecule has 0 unspecified atom stereocenters. The second-order valence-electron chi connectivity index (χ2n) is 4.52. The summed E-state index contributed by atoms with van der Waals surface area (Å²) >= 11 is 0. The summed E-state index contributed by atoms with van der Waals surface area (Å²) in [5, 5.41) is 7.18. The summed E-state index contributed by atoms with van der Waals surface area (Å²) < 4.78 is 0. The third-order valence-electron chi connectivity index (χ3n) is 3.43. The van der Waals surface area contributed by atoms with Crippen LogP contribution in [0.3, 0.4) is 0 Å². The molecule has 0 heterocycles. The van der Waals surface area contributed by atoms with Gasteiger partial charge in [-0.25, -0.2) is 0 Å². The fraction of sp³-hybridized carbons (Fsp3) is 1.00. The van der Waals surface area contributed by atoms with Gasteiger partial charge in [0.15, 0.2) is 0 Å². The Morgan fingerprint density at radius 3 is 1.54 bits per heavy atom. The monoisotopic (exact) mass is 182 g/mol. The molecule has 13 heavy (non-hydrogen) atoms. The highest BCUT2D eigenvalue weighted by Gasteiger charge is 2.17. The van der Waals surface area contributed by atoms with Gasteiger partial charge in [0.1, 0.15) is 0 Å². The first-order valence-electron chi connectivity index (χ1n) is 5.92. The largest absolute Gasteiger partial charge is 0.314 e. The minimum absolute atomic E-state index is 0.865. The molecule has 2 nitrogen and oxygen atoms in total. The number of hydrogen-bond acceptors (Lipinski definition) is 2. The molecule has 2 aliphatic carbocycles. The maximum Gasteiger partial charge on any atom is 0.00670 e. The summed E-state index contributed by atoms with van der Waals surface area (Å²) in [7, 11) is 0. The van der Waals surface area contributed by atoms with E-state index in [-0.39, 0.29) is 0 Å². The van der Waals surface area contributed by atoms with Crippen LogP contribution in [-0.4, -0.2) is 25.2 Å². The third kappa shape index (κ3) is 2.96. The first kappa shape index (κ1) is 9.47. The Bertz CT molecular complexity index is 123. The zero-order valence-corrected chi connectivity index (χ0v) is 8.52. The van der Waals surface area contributed by atoms with Crippen molar-refractivity contribution in [2.45, 2.75) is 57.0 Å². The van der Waals surface area contributed by atoms with Crippen molar-refractivity contribution < 1.29 is 0 Å². The molecule has 2 saturated carbocycles. The molecule has 76 valence electrons. The van der Waals surface area contributed by atoms with Crippen molar-refractivity contribution in [3.63, 3.8) is 0 Å². The average Bonchev–Trinajstić information content (AvgIpc) is 1.96. The number of hydrogen-bond donors (Lipinski definition) is 2. The lowest BCUT2D eigenvalue weighted by Crippen LogP contribution is -2.39. The quantitative estimate of drug-likeness (QED) is 0.610. The van der Waals surface area contributed by atoms with Crippen molar-refractivity contribution >= 4 is 0 Å². The fourth-order valence-electron chi connectivity index (χ4n) is 1.93. The summed E-state index contributed by atoms with van der Waals surface area (Å²) in [6.07, 6.45) is 9.83. The highest BCUT2D eigenvalue weighted by Crippen LogP contribution is 2.18. The third-order valence-corrected chi connectivity index (χ3v) is 3.43. The van der Waals surface area contributed by atoms with Gasteiger partial charge in [-0.05, 0) is 45.2 Å². The van der Waals surface area contributed by atoms with E-state index >= 15 is 0 Å². The topological polar surface area (TPSA) is 24.1 Å². The van der Waals surface area contributed by atoms with Crippen LogP contribution < -0.4 is 10.6 Å². The van der Waals surface area contributed by atoms with E-state index in [0.717, 1.165) is 12.1 Å². The lowest BCUT2D eigenvalue weighted by atomic mass is 9.93. The van der Waals surface area contributed by atoms with Gasteiger partial charge in [-0.3, -0.25) is 0 Å². The Balaban J connectivity index is 1.36. The van der Waals surface area contributed by atoms with E-state index in [4.69, 9.17) is 0 Å². The summed E-state index contributed by atoms with van der Waals surface area (Å²) in [6, 6.07) is 1.73. The molecule has 0 bridgehead atoms. The van der Waals surface area contributed by atoms with Gasteiger partial charge in [0.2, 0.25) is 0 Å². The van der Waals surface area contributed by atoms with Crippen LogP contribution >= 0.6 is 0 Å². The molecule has 2 N–H and O–H groups in total. The van der Waals surface area contributed by atoms with Crippen LogP contribution in [0.5, 0.6) is 0 Å². The molecule has 0 spiro atoms. The van der Waals surface area contributed by atoms with Crippen molar-refractivity contribution in [1.82, 2.24) is 10.6 Å². The van der Waals surface area contributed by atoms with Gasteiger partial charge < -0.3 is 10.6 Å². The van der Waals surface area contributed by atoms with Crippen LogP contribution in [0.1, 0.15) is 44.9 Å². The second kappa shape index (κ2) is 4.97. The van der Waals surface area contributed by atoms with E-state index in [0.29, 0.717) is 0 Å². The average molecular weight is 182 g/mol. The summed E-state index contributed by atoms with van der Waals surface area (Å²) in [5.74, 6) is 0. The Labute approximate surface area is 81.5 Å². The predicted molar refractivity (Wildman–Crippen MR) is 55.9 cm³/mol. The predicted octanol–water partition coefficient (Wildman–Crippen LogP) is 1.66. The minimum Gasteiger partial charge on any atom is -0.314 e. The fourth-order valence-corrected chi connectivity index (χ4v) is 1.93.